The van der Waals surface area contributed by atoms with Crippen LogP contribution in [0.25, 0.3) is 0 Å². The summed E-state index contributed by atoms with van der Waals surface area (Å²) in [5.41, 5.74) is 0.691. The molecule has 0 N–H and O–H groups in total. The molecule has 1 aliphatic heterocycles. The van der Waals surface area contributed by atoms with Crippen molar-refractivity contribution in [2.45, 2.75) is 12.2 Å². The van der Waals surface area contributed by atoms with Crippen LogP contribution in [-0.2, 0) is 14.2 Å². The Morgan fingerprint density at radius 3 is 2.74 bits per heavy atom. The minimum atomic E-state index is -0.611. The van der Waals surface area contributed by atoms with Gasteiger partial charge in [-0.2, -0.15) is 0 Å². The molecular weight excluding hydrogens is 322 g/mol. The zero-order valence-corrected chi connectivity index (χ0v) is 12.7. The molecule has 1 aromatic carbocycles. The molecule has 1 fully saturated rings. The predicted octanol–water partition coefficient (Wildman–Crippen LogP) is 2.93. The lowest BCUT2D eigenvalue weighted by Crippen LogP contribution is -2.36. The van der Waals surface area contributed by atoms with E-state index in [-0.39, 0.29) is 19.1 Å². The summed E-state index contributed by atoms with van der Waals surface area (Å²) in [6, 6.07) is 9.43. The normalized spacial score (nSPS) is 20.9. The Kier molecular flexibility index (Phi) is 4.65. The Bertz CT molecular complexity index is 685. The molecule has 2 heterocycles. The first kappa shape index (κ1) is 15.6. The van der Waals surface area contributed by atoms with E-state index in [1.54, 1.807) is 29.6 Å². The largest absolute Gasteiger partial charge is 0.453 e. The summed E-state index contributed by atoms with van der Waals surface area (Å²) in [5.74, 6) is -0.439. The molecule has 1 saturated heterocycles. The van der Waals surface area contributed by atoms with Gasteiger partial charge in [0.15, 0.2) is 6.10 Å². The van der Waals surface area contributed by atoms with Gasteiger partial charge >= 0.3 is 5.97 Å². The highest BCUT2D eigenvalue weighted by molar-refractivity contribution is 7.11. The fourth-order valence-electron chi connectivity index (χ4n) is 2.26. The minimum absolute atomic E-state index is 0.00654. The fraction of sp³-hybridized carbons (Fsp3) is 0.267. The molecule has 0 aliphatic carbocycles. The van der Waals surface area contributed by atoms with Crippen LogP contribution in [0.5, 0.6) is 0 Å². The van der Waals surface area contributed by atoms with Crippen LogP contribution in [0, 0.1) is 10.1 Å². The summed E-state index contributed by atoms with van der Waals surface area (Å²) in [4.78, 5) is 22.8. The molecule has 2 atom stereocenters. The van der Waals surface area contributed by atoms with E-state index in [0.29, 0.717) is 10.4 Å². The number of rotatable bonds is 4. The second kappa shape index (κ2) is 6.86. The van der Waals surface area contributed by atoms with E-state index < -0.39 is 23.1 Å². The topological polar surface area (TPSA) is 87.9 Å². The smallest absolute Gasteiger partial charge is 0.348 e. The predicted molar refractivity (Wildman–Crippen MR) is 81.3 cm³/mol. The van der Waals surface area contributed by atoms with Crippen LogP contribution >= 0.6 is 11.3 Å². The molecule has 1 aliphatic rings. The highest BCUT2D eigenvalue weighted by atomic mass is 32.1. The zero-order valence-electron chi connectivity index (χ0n) is 11.9. The third-order valence-electron chi connectivity index (χ3n) is 3.36. The third kappa shape index (κ3) is 3.55. The molecule has 7 nitrogen and oxygen atoms in total. The number of nitrogens with zero attached hydrogens (tertiary/aromatic N) is 1. The van der Waals surface area contributed by atoms with Crippen LogP contribution in [0.4, 0.5) is 5.69 Å². The molecule has 8 heteroatoms. The number of hydrogen-bond acceptors (Lipinski definition) is 7. The van der Waals surface area contributed by atoms with Gasteiger partial charge in [0.05, 0.1) is 11.5 Å². The standard InChI is InChI=1S/C15H13NO6S/c17-15(13-2-1-7-23-13)22-12-8-20-9-21-14(12)10-3-5-11(6-4-10)16(18)19/h1-7,12,14H,8-9H2/t12-,14-/m1/s1. The maximum atomic E-state index is 12.1. The number of benzene rings is 1. The molecule has 3 rings (SSSR count). The summed E-state index contributed by atoms with van der Waals surface area (Å²) in [5, 5.41) is 12.5. The number of carbonyl (C=O) groups is 1. The quantitative estimate of drug-likeness (QED) is 0.485. The number of carbonyl (C=O) groups excluding carboxylic acids is 1. The number of thiophene rings is 1. The second-order valence-corrected chi connectivity index (χ2v) is 5.79. The molecule has 0 radical (unpaired) electrons. The van der Waals surface area contributed by atoms with Crippen LogP contribution in [0.15, 0.2) is 41.8 Å². The molecule has 0 saturated carbocycles. The molecular formula is C15H13NO6S. The highest BCUT2D eigenvalue weighted by Gasteiger charge is 2.32. The summed E-state index contributed by atoms with van der Waals surface area (Å²) in [6.07, 6.45) is -1.13. The van der Waals surface area contributed by atoms with Crippen LogP contribution in [0.3, 0.4) is 0 Å². The van der Waals surface area contributed by atoms with Crippen molar-refractivity contribution in [2.75, 3.05) is 13.4 Å². The molecule has 1 aromatic heterocycles. The minimum Gasteiger partial charge on any atom is -0.453 e. The number of non-ortho nitro benzene ring substituents is 1. The molecule has 0 spiro atoms. The molecule has 0 unspecified atom stereocenters. The van der Waals surface area contributed by atoms with Gasteiger partial charge in [0, 0.05) is 12.1 Å². The number of esters is 1. The average Bonchev–Trinajstić information content (AvgIpc) is 3.10. The Hall–Kier alpha value is -2.29. The van der Waals surface area contributed by atoms with Crippen molar-refractivity contribution in [2.24, 2.45) is 0 Å². The monoisotopic (exact) mass is 335 g/mol. The lowest BCUT2D eigenvalue weighted by molar-refractivity contribution is -0.384. The van der Waals surface area contributed by atoms with Crippen LogP contribution < -0.4 is 0 Å². The number of hydrogen-bond donors (Lipinski definition) is 0. The summed E-state index contributed by atoms with van der Waals surface area (Å²) >= 11 is 1.29. The van der Waals surface area contributed by atoms with Gasteiger partial charge in [-0.25, -0.2) is 4.79 Å². The Balaban J connectivity index is 1.75. The maximum absolute atomic E-state index is 12.1. The van der Waals surface area contributed by atoms with Gasteiger partial charge in [0.2, 0.25) is 0 Å². The molecule has 120 valence electrons. The van der Waals surface area contributed by atoms with Crippen molar-refractivity contribution < 1.29 is 23.9 Å². The lowest BCUT2D eigenvalue weighted by atomic mass is 10.0. The first-order valence-corrected chi connectivity index (χ1v) is 7.71. The van der Waals surface area contributed by atoms with Crippen molar-refractivity contribution in [3.8, 4) is 0 Å². The maximum Gasteiger partial charge on any atom is 0.348 e. The molecule has 0 amide bonds. The van der Waals surface area contributed by atoms with Crippen LogP contribution in [0.2, 0.25) is 0 Å². The first-order valence-electron chi connectivity index (χ1n) is 6.83. The first-order chi connectivity index (χ1) is 11.1. The summed E-state index contributed by atoms with van der Waals surface area (Å²) in [7, 11) is 0. The Labute approximate surface area is 135 Å². The van der Waals surface area contributed by atoms with E-state index in [1.165, 1.54) is 23.5 Å². The van der Waals surface area contributed by atoms with Gasteiger partial charge < -0.3 is 14.2 Å². The van der Waals surface area contributed by atoms with Crippen molar-refractivity contribution in [3.63, 3.8) is 0 Å². The van der Waals surface area contributed by atoms with E-state index in [4.69, 9.17) is 14.2 Å². The van der Waals surface area contributed by atoms with E-state index in [9.17, 15) is 14.9 Å². The van der Waals surface area contributed by atoms with Crippen molar-refractivity contribution in [1.29, 1.82) is 0 Å². The van der Waals surface area contributed by atoms with Gasteiger partial charge in [-0.15, -0.1) is 11.3 Å². The van der Waals surface area contributed by atoms with Crippen molar-refractivity contribution in [3.05, 3.63) is 62.3 Å². The summed E-state index contributed by atoms with van der Waals surface area (Å²) < 4.78 is 16.2. The molecule has 2 aromatic rings. The number of ether oxygens (including phenoxy) is 3. The van der Waals surface area contributed by atoms with Crippen LogP contribution in [-0.4, -0.2) is 30.4 Å². The van der Waals surface area contributed by atoms with E-state index in [2.05, 4.69) is 0 Å². The lowest BCUT2D eigenvalue weighted by Gasteiger charge is -2.31. The van der Waals surface area contributed by atoms with E-state index in [1.807, 2.05) is 0 Å². The summed E-state index contributed by atoms with van der Waals surface area (Å²) in [6.45, 7) is 0.285. The Morgan fingerprint density at radius 2 is 2.09 bits per heavy atom. The van der Waals surface area contributed by atoms with Crippen molar-refractivity contribution >= 4 is 23.0 Å². The number of nitro benzene ring substituents is 1. The van der Waals surface area contributed by atoms with Gasteiger partial charge in [-0.1, -0.05) is 6.07 Å². The number of nitro groups is 1. The SMILES string of the molecule is O=C(O[C@@H]1COCO[C@@H]1c1ccc([N+](=O)[O-])cc1)c1cccs1. The third-order valence-corrected chi connectivity index (χ3v) is 4.21. The van der Waals surface area contributed by atoms with Gasteiger partial charge in [-0.3, -0.25) is 10.1 Å². The van der Waals surface area contributed by atoms with Crippen LogP contribution in [0.1, 0.15) is 21.3 Å². The van der Waals surface area contributed by atoms with Crippen molar-refractivity contribution in [1.82, 2.24) is 0 Å². The van der Waals surface area contributed by atoms with Gasteiger partial charge in [-0.05, 0) is 29.1 Å². The second-order valence-electron chi connectivity index (χ2n) is 4.85. The fourth-order valence-corrected chi connectivity index (χ4v) is 2.87. The van der Waals surface area contributed by atoms with E-state index in [0.717, 1.165) is 0 Å². The average molecular weight is 335 g/mol. The Morgan fingerprint density at radius 1 is 1.30 bits per heavy atom. The van der Waals surface area contributed by atoms with Gasteiger partial charge in [0.1, 0.15) is 17.8 Å². The molecule has 23 heavy (non-hydrogen) atoms. The molecule has 0 bridgehead atoms. The highest BCUT2D eigenvalue weighted by Crippen LogP contribution is 2.29. The van der Waals surface area contributed by atoms with E-state index >= 15 is 0 Å². The van der Waals surface area contributed by atoms with Gasteiger partial charge in [0.25, 0.3) is 5.69 Å². The zero-order chi connectivity index (χ0) is 16.2.